The van der Waals surface area contributed by atoms with Crippen molar-refractivity contribution in [1.29, 1.82) is 0 Å². The third kappa shape index (κ3) is 5.60. The number of esters is 1. The lowest BCUT2D eigenvalue weighted by Crippen LogP contribution is -2.35. The summed E-state index contributed by atoms with van der Waals surface area (Å²) in [6.45, 7) is 3.89. The Balaban J connectivity index is 1.49. The maximum atomic E-state index is 12.7. The summed E-state index contributed by atoms with van der Waals surface area (Å²) in [6, 6.07) is 6.74. The van der Waals surface area contributed by atoms with E-state index in [2.05, 4.69) is 15.5 Å². The highest BCUT2D eigenvalue weighted by atomic mass is 32.2. The number of piperidine rings is 1. The van der Waals surface area contributed by atoms with Gasteiger partial charge in [0, 0.05) is 26.1 Å². The summed E-state index contributed by atoms with van der Waals surface area (Å²) < 4.78 is 33.8. The molecule has 0 radical (unpaired) electrons. The Kier molecular flexibility index (Phi) is 7.32. The number of tetrazole rings is 1. The summed E-state index contributed by atoms with van der Waals surface area (Å²) in [5.41, 5.74) is 0.885. The van der Waals surface area contributed by atoms with Crippen LogP contribution in [0.4, 0.5) is 0 Å². The monoisotopic (exact) mass is 421 g/mol. The van der Waals surface area contributed by atoms with E-state index in [0.717, 1.165) is 31.2 Å². The molecule has 0 atom stereocenters. The Morgan fingerprint density at radius 2 is 1.86 bits per heavy atom. The molecule has 0 unspecified atom stereocenters. The Hall–Kier alpha value is -2.33. The molecular weight excluding hydrogens is 394 g/mol. The van der Waals surface area contributed by atoms with Gasteiger partial charge in [0.2, 0.25) is 10.0 Å². The highest BCUT2D eigenvalue weighted by Gasteiger charge is 2.25. The first-order chi connectivity index (χ1) is 14.0. The van der Waals surface area contributed by atoms with Gasteiger partial charge in [0.1, 0.15) is 0 Å². The molecule has 0 saturated carbocycles. The molecular formula is C19H27N5O4S. The number of nitrogens with zero attached hydrogens (tertiary/aromatic N) is 5. The molecule has 1 fully saturated rings. The van der Waals surface area contributed by atoms with E-state index in [1.807, 2.05) is 6.92 Å². The van der Waals surface area contributed by atoms with Crippen LogP contribution < -0.4 is 0 Å². The Morgan fingerprint density at radius 3 is 2.55 bits per heavy atom. The number of aromatic nitrogens is 4. The third-order valence-electron chi connectivity index (χ3n) is 4.90. The quantitative estimate of drug-likeness (QED) is 0.569. The first-order valence-electron chi connectivity index (χ1n) is 10.0. The number of sulfonamides is 1. The second kappa shape index (κ2) is 9.93. The van der Waals surface area contributed by atoms with Gasteiger partial charge in [-0.15, -0.1) is 5.10 Å². The van der Waals surface area contributed by atoms with Crippen LogP contribution in [0, 0.1) is 0 Å². The zero-order valence-electron chi connectivity index (χ0n) is 16.7. The number of ether oxygens (including phenoxy) is 1. The van der Waals surface area contributed by atoms with Gasteiger partial charge in [-0.2, -0.15) is 4.31 Å². The Bertz CT molecular complexity index is 905. The SMILES string of the molecule is CCCn1nnnc1COC(=O)CCc1ccc(S(=O)(=O)N2CCCCC2)cc1. The molecule has 3 rings (SSSR count). The van der Waals surface area contributed by atoms with E-state index in [4.69, 9.17) is 4.74 Å². The molecule has 1 aliphatic rings. The maximum Gasteiger partial charge on any atom is 0.306 e. The summed E-state index contributed by atoms with van der Waals surface area (Å²) in [7, 11) is -3.43. The molecule has 0 aliphatic carbocycles. The smallest absolute Gasteiger partial charge is 0.306 e. The summed E-state index contributed by atoms with van der Waals surface area (Å²) in [5.74, 6) is 0.175. The van der Waals surface area contributed by atoms with E-state index in [1.54, 1.807) is 33.3 Å². The second-order valence-corrected chi connectivity index (χ2v) is 9.03. The van der Waals surface area contributed by atoms with Gasteiger partial charge in [-0.05, 0) is 53.8 Å². The standard InChI is InChI=1S/C19H27N5O4S/c1-2-12-24-18(20-21-22-24)15-28-19(25)11-8-16-6-9-17(10-7-16)29(26,27)23-13-4-3-5-14-23/h6-7,9-10H,2-5,8,11-15H2,1H3. The number of carbonyl (C=O) groups excluding carboxylic acids is 1. The van der Waals surface area contributed by atoms with Crippen molar-refractivity contribution in [3.8, 4) is 0 Å². The number of hydrogen-bond donors (Lipinski definition) is 0. The number of benzene rings is 1. The van der Waals surface area contributed by atoms with Crippen molar-refractivity contribution in [1.82, 2.24) is 24.5 Å². The molecule has 158 valence electrons. The number of carbonyl (C=O) groups is 1. The fourth-order valence-corrected chi connectivity index (χ4v) is 4.78. The van der Waals surface area contributed by atoms with Gasteiger partial charge < -0.3 is 4.74 Å². The highest BCUT2D eigenvalue weighted by Crippen LogP contribution is 2.21. The summed E-state index contributed by atoms with van der Waals surface area (Å²) in [4.78, 5) is 12.3. The van der Waals surface area contributed by atoms with Gasteiger partial charge in [-0.3, -0.25) is 4.79 Å². The van der Waals surface area contributed by atoms with Crippen LogP contribution in [0.1, 0.15) is 50.4 Å². The first-order valence-corrected chi connectivity index (χ1v) is 11.4. The highest BCUT2D eigenvalue weighted by molar-refractivity contribution is 7.89. The van der Waals surface area contributed by atoms with E-state index in [-0.39, 0.29) is 19.0 Å². The van der Waals surface area contributed by atoms with Crippen LogP contribution in [0.25, 0.3) is 0 Å². The number of rotatable bonds is 9. The van der Waals surface area contributed by atoms with Crippen LogP contribution in [0.15, 0.2) is 29.2 Å². The predicted molar refractivity (Wildman–Crippen MR) is 105 cm³/mol. The summed E-state index contributed by atoms with van der Waals surface area (Å²) >= 11 is 0. The first kappa shape index (κ1) is 21.4. The van der Waals surface area contributed by atoms with E-state index >= 15 is 0 Å². The molecule has 1 aromatic heterocycles. The molecule has 0 spiro atoms. The van der Waals surface area contributed by atoms with Gasteiger partial charge in [0.05, 0.1) is 4.90 Å². The number of aryl methyl sites for hydroxylation is 2. The summed E-state index contributed by atoms with van der Waals surface area (Å²) in [6.07, 6.45) is 4.45. The molecule has 1 aliphatic heterocycles. The normalized spacial score (nSPS) is 15.3. The maximum absolute atomic E-state index is 12.7. The summed E-state index contributed by atoms with van der Waals surface area (Å²) in [5, 5.41) is 11.3. The fourth-order valence-electron chi connectivity index (χ4n) is 3.26. The van der Waals surface area contributed by atoms with Crippen LogP contribution in [0.3, 0.4) is 0 Å². The average molecular weight is 422 g/mol. The van der Waals surface area contributed by atoms with Crippen molar-refractivity contribution < 1.29 is 17.9 Å². The molecule has 0 bridgehead atoms. The third-order valence-corrected chi connectivity index (χ3v) is 6.81. The van der Waals surface area contributed by atoms with Gasteiger partial charge in [0.25, 0.3) is 0 Å². The Morgan fingerprint density at radius 1 is 1.14 bits per heavy atom. The van der Waals surface area contributed by atoms with Crippen LogP contribution >= 0.6 is 0 Å². The Labute approximate surface area is 171 Å². The molecule has 9 nitrogen and oxygen atoms in total. The fraction of sp³-hybridized carbons (Fsp3) is 0.579. The molecule has 2 heterocycles. The van der Waals surface area contributed by atoms with E-state index in [1.165, 1.54) is 0 Å². The minimum Gasteiger partial charge on any atom is -0.457 e. The largest absolute Gasteiger partial charge is 0.457 e. The molecule has 2 aromatic rings. The molecule has 0 amide bonds. The number of hydrogen-bond acceptors (Lipinski definition) is 7. The van der Waals surface area contributed by atoms with Crippen LogP contribution in [0.5, 0.6) is 0 Å². The van der Waals surface area contributed by atoms with Crippen LogP contribution in [-0.4, -0.2) is 52.0 Å². The predicted octanol–water partition coefficient (Wildman–Crippen LogP) is 1.93. The van der Waals surface area contributed by atoms with Crippen molar-refractivity contribution in [2.24, 2.45) is 0 Å². The van der Waals surface area contributed by atoms with Gasteiger partial charge in [-0.25, -0.2) is 13.1 Å². The van der Waals surface area contributed by atoms with Crippen LogP contribution in [-0.2, 0) is 39.1 Å². The second-order valence-electron chi connectivity index (χ2n) is 7.09. The van der Waals surface area contributed by atoms with E-state index in [0.29, 0.717) is 36.8 Å². The molecule has 0 N–H and O–H groups in total. The van der Waals surface area contributed by atoms with Crippen molar-refractivity contribution in [3.63, 3.8) is 0 Å². The average Bonchev–Trinajstić information content (AvgIpc) is 3.19. The lowest BCUT2D eigenvalue weighted by Gasteiger charge is -2.25. The molecule has 10 heteroatoms. The molecule has 1 aromatic carbocycles. The zero-order chi connectivity index (χ0) is 20.7. The van der Waals surface area contributed by atoms with Gasteiger partial charge in [0.15, 0.2) is 12.4 Å². The lowest BCUT2D eigenvalue weighted by atomic mass is 10.1. The van der Waals surface area contributed by atoms with Crippen LogP contribution in [0.2, 0.25) is 0 Å². The minimum atomic E-state index is -3.43. The molecule has 1 saturated heterocycles. The van der Waals surface area contributed by atoms with Gasteiger partial charge >= 0.3 is 5.97 Å². The molecule has 29 heavy (non-hydrogen) atoms. The van der Waals surface area contributed by atoms with Crippen molar-refractivity contribution >= 4 is 16.0 Å². The van der Waals surface area contributed by atoms with E-state index in [9.17, 15) is 13.2 Å². The minimum absolute atomic E-state index is 0.0405. The topological polar surface area (TPSA) is 107 Å². The van der Waals surface area contributed by atoms with Crippen molar-refractivity contribution in [2.45, 2.75) is 63.5 Å². The lowest BCUT2D eigenvalue weighted by molar-refractivity contribution is -0.145. The zero-order valence-corrected chi connectivity index (χ0v) is 17.5. The van der Waals surface area contributed by atoms with Crippen molar-refractivity contribution in [2.75, 3.05) is 13.1 Å². The van der Waals surface area contributed by atoms with E-state index < -0.39 is 10.0 Å². The van der Waals surface area contributed by atoms with Gasteiger partial charge in [-0.1, -0.05) is 25.5 Å². The van der Waals surface area contributed by atoms with Crippen molar-refractivity contribution in [3.05, 3.63) is 35.7 Å².